The molecule has 2 rings (SSSR count). The zero-order valence-corrected chi connectivity index (χ0v) is 13.3. The molecule has 0 aliphatic heterocycles. The SMILES string of the molecule is CCNC(=NCc1ccco1)NCCN(C)C1CCCC1. The van der Waals surface area contributed by atoms with Gasteiger partial charge in [-0.2, -0.15) is 0 Å². The van der Waals surface area contributed by atoms with E-state index in [1.165, 1.54) is 25.7 Å². The van der Waals surface area contributed by atoms with Crippen LogP contribution in [0.1, 0.15) is 38.4 Å². The van der Waals surface area contributed by atoms with Crippen molar-refractivity contribution in [3.63, 3.8) is 0 Å². The predicted octanol–water partition coefficient (Wildman–Crippen LogP) is 2.21. The molecule has 2 N–H and O–H groups in total. The molecule has 0 bridgehead atoms. The van der Waals surface area contributed by atoms with Gasteiger partial charge in [0.15, 0.2) is 5.96 Å². The number of rotatable bonds is 7. The summed E-state index contributed by atoms with van der Waals surface area (Å²) in [6.45, 7) is 5.48. The highest BCUT2D eigenvalue weighted by Crippen LogP contribution is 2.21. The van der Waals surface area contributed by atoms with Crippen LogP contribution in [-0.4, -0.2) is 43.6 Å². The Morgan fingerprint density at radius 3 is 2.86 bits per heavy atom. The van der Waals surface area contributed by atoms with Crippen molar-refractivity contribution in [3.05, 3.63) is 24.2 Å². The average Bonchev–Trinajstić information content (AvgIpc) is 3.17. The van der Waals surface area contributed by atoms with Crippen LogP contribution in [0.2, 0.25) is 0 Å². The van der Waals surface area contributed by atoms with Crippen molar-refractivity contribution >= 4 is 5.96 Å². The van der Waals surface area contributed by atoms with Gasteiger partial charge in [-0.3, -0.25) is 0 Å². The molecule has 1 aliphatic carbocycles. The second kappa shape index (κ2) is 8.72. The Kier molecular flexibility index (Phi) is 6.60. The normalized spacial score (nSPS) is 16.6. The van der Waals surface area contributed by atoms with Crippen molar-refractivity contribution < 1.29 is 4.42 Å². The van der Waals surface area contributed by atoms with E-state index in [4.69, 9.17) is 4.42 Å². The first-order chi connectivity index (χ1) is 10.3. The first kappa shape index (κ1) is 15.9. The number of furan rings is 1. The van der Waals surface area contributed by atoms with E-state index in [1.54, 1.807) is 6.26 Å². The summed E-state index contributed by atoms with van der Waals surface area (Å²) in [6.07, 6.45) is 7.15. The molecule has 0 spiro atoms. The number of likely N-dealkylation sites (N-methyl/N-ethyl adjacent to an activating group) is 1. The molecule has 21 heavy (non-hydrogen) atoms. The van der Waals surface area contributed by atoms with Crippen molar-refractivity contribution in [2.45, 2.75) is 45.2 Å². The smallest absolute Gasteiger partial charge is 0.191 e. The Morgan fingerprint density at radius 1 is 1.38 bits per heavy atom. The van der Waals surface area contributed by atoms with Crippen LogP contribution < -0.4 is 10.6 Å². The lowest BCUT2D eigenvalue weighted by Crippen LogP contribution is -2.42. The minimum Gasteiger partial charge on any atom is -0.467 e. The Hall–Kier alpha value is -1.49. The number of aliphatic imine (C=N–C) groups is 1. The van der Waals surface area contributed by atoms with E-state index in [-0.39, 0.29) is 0 Å². The third kappa shape index (κ3) is 5.42. The minimum atomic E-state index is 0.570. The average molecular weight is 292 g/mol. The molecular weight excluding hydrogens is 264 g/mol. The number of nitrogens with one attached hydrogen (secondary N) is 2. The fraction of sp³-hybridized carbons (Fsp3) is 0.688. The minimum absolute atomic E-state index is 0.570. The van der Waals surface area contributed by atoms with E-state index in [0.29, 0.717) is 6.54 Å². The topological polar surface area (TPSA) is 52.8 Å². The maximum atomic E-state index is 5.30. The molecule has 0 amide bonds. The highest BCUT2D eigenvalue weighted by molar-refractivity contribution is 5.79. The third-order valence-corrected chi connectivity index (χ3v) is 4.02. The summed E-state index contributed by atoms with van der Waals surface area (Å²) in [4.78, 5) is 7.00. The highest BCUT2D eigenvalue weighted by atomic mass is 16.3. The zero-order valence-electron chi connectivity index (χ0n) is 13.3. The van der Waals surface area contributed by atoms with Gasteiger partial charge < -0.3 is 20.0 Å². The maximum Gasteiger partial charge on any atom is 0.191 e. The third-order valence-electron chi connectivity index (χ3n) is 4.02. The Balaban J connectivity index is 1.72. The number of guanidine groups is 1. The second-order valence-corrected chi connectivity index (χ2v) is 5.62. The lowest BCUT2D eigenvalue weighted by atomic mass is 10.2. The molecule has 1 heterocycles. The van der Waals surface area contributed by atoms with Gasteiger partial charge in [0, 0.05) is 25.7 Å². The molecule has 0 unspecified atom stereocenters. The van der Waals surface area contributed by atoms with Crippen molar-refractivity contribution in [1.29, 1.82) is 0 Å². The van der Waals surface area contributed by atoms with Gasteiger partial charge in [0.2, 0.25) is 0 Å². The van der Waals surface area contributed by atoms with Gasteiger partial charge in [-0.1, -0.05) is 12.8 Å². The van der Waals surface area contributed by atoms with Gasteiger partial charge in [-0.15, -0.1) is 0 Å². The van der Waals surface area contributed by atoms with Crippen molar-refractivity contribution in [3.8, 4) is 0 Å². The number of nitrogens with zero attached hydrogens (tertiary/aromatic N) is 2. The van der Waals surface area contributed by atoms with E-state index in [0.717, 1.165) is 37.4 Å². The molecule has 1 saturated carbocycles. The molecule has 5 heteroatoms. The van der Waals surface area contributed by atoms with Gasteiger partial charge in [0.25, 0.3) is 0 Å². The van der Waals surface area contributed by atoms with Crippen LogP contribution in [0.5, 0.6) is 0 Å². The van der Waals surface area contributed by atoms with Crippen molar-refractivity contribution in [2.75, 3.05) is 26.7 Å². The highest BCUT2D eigenvalue weighted by Gasteiger charge is 2.18. The summed E-state index contributed by atoms with van der Waals surface area (Å²) in [5.41, 5.74) is 0. The van der Waals surface area contributed by atoms with E-state index in [1.807, 2.05) is 12.1 Å². The standard InChI is InChI=1S/C16H28N4O/c1-3-17-16(19-13-15-9-6-12-21-15)18-10-11-20(2)14-7-4-5-8-14/h6,9,12,14H,3-5,7-8,10-11,13H2,1-2H3,(H2,17,18,19). The zero-order chi connectivity index (χ0) is 14.9. The summed E-state index contributed by atoms with van der Waals surface area (Å²) in [5, 5.41) is 6.66. The molecule has 5 nitrogen and oxygen atoms in total. The van der Waals surface area contributed by atoms with Crippen LogP contribution in [-0.2, 0) is 6.54 Å². The molecule has 0 atom stereocenters. The van der Waals surface area contributed by atoms with Crippen LogP contribution in [0.4, 0.5) is 0 Å². The van der Waals surface area contributed by atoms with Crippen LogP contribution in [0.15, 0.2) is 27.8 Å². The molecule has 1 aromatic heterocycles. The van der Waals surface area contributed by atoms with E-state index in [9.17, 15) is 0 Å². The molecule has 118 valence electrons. The van der Waals surface area contributed by atoms with Crippen LogP contribution in [0, 0.1) is 0 Å². The van der Waals surface area contributed by atoms with E-state index < -0.39 is 0 Å². The molecular formula is C16H28N4O. The molecule has 1 aliphatic rings. The maximum absolute atomic E-state index is 5.30. The summed E-state index contributed by atoms with van der Waals surface area (Å²) in [5.74, 6) is 1.74. The summed E-state index contributed by atoms with van der Waals surface area (Å²) < 4.78 is 5.30. The molecule has 0 radical (unpaired) electrons. The first-order valence-corrected chi connectivity index (χ1v) is 8.04. The van der Waals surface area contributed by atoms with Gasteiger partial charge in [0.1, 0.15) is 12.3 Å². The summed E-state index contributed by atoms with van der Waals surface area (Å²) in [7, 11) is 2.23. The molecule has 1 fully saturated rings. The Morgan fingerprint density at radius 2 is 2.19 bits per heavy atom. The number of hydrogen-bond donors (Lipinski definition) is 2. The van der Waals surface area contributed by atoms with E-state index in [2.05, 4.69) is 34.5 Å². The van der Waals surface area contributed by atoms with Gasteiger partial charge >= 0.3 is 0 Å². The van der Waals surface area contributed by atoms with Gasteiger partial charge in [-0.25, -0.2) is 4.99 Å². The number of hydrogen-bond acceptors (Lipinski definition) is 3. The van der Waals surface area contributed by atoms with Crippen molar-refractivity contribution in [1.82, 2.24) is 15.5 Å². The van der Waals surface area contributed by atoms with Gasteiger partial charge in [0.05, 0.1) is 6.26 Å². The van der Waals surface area contributed by atoms with Crippen molar-refractivity contribution in [2.24, 2.45) is 4.99 Å². The van der Waals surface area contributed by atoms with Crippen LogP contribution >= 0.6 is 0 Å². The largest absolute Gasteiger partial charge is 0.467 e. The van der Waals surface area contributed by atoms with E-state index >= 15 is 0 Å². The lowest BCUT2D eigenvalue weighted by molar-refractivity contribution is 0.249. The Bertz CT molecular complexity index is 410. The van der Waals surface area contributed by atoms with Crippen LogP contribution in [0.3, 0.4) is 0 Å². The fourth-order valence-corrected chi connectivity index (χ4v) is 2.78. The molecule has 0 aromatic carbocycles. The quantitative estimate of drug-likeness (QED) is 0.597. The predicted molar refractivity (Wildman–Crippen MR) is 86.4 cm³/mol. The lowest BCUT2D eigenvalue weighted by Gasteiger charge is -2.24. The first-order valence-electron chi connectivity index (χ1n) is 8.04. The Labute approximate surface area is 127 Å². The second-order valence-electron chi connectivity index (χ2n) is 5.62. The van der Waals surface area contributed by atoms with Crippen LogP contribution in [0.25, 0.3) is 0 Å². The monoisotopic (exact) mass is 292 g/mol. The molecule has 0 saturated heterocycles. The fourth-order valence-electron chi connectivity index (χ4n) is 2.78. The molecule has 1 aromatic rings. The summed E-state index contributed by atoms with van der Waals surface area (Å²) in [6, 6.07) is 4.61. The summed E-state index contributed by atoms with van der Waals surface area (Å²) >= 11 is 0. The van der Waals surface area contributed by atoms with Gasteiger partial charge in [-0.05, 0) is 38.9 Å².